The highest BCUT2D eigenvalue weighted by atomic mass is 32.1. The molecule has 0 fully saturated rings. The fourth-order valence-corrected chi connectivity index (χ4v) is 4.90. The number of benzene rings is 1. The molecule has 21 heavy (non-hydrogen) atoms. The first-order valence-corrected chi connectivity index (χ1v) is 8.83. The van der Waals surface area contributed by atoms with Gasteiger partial charge >= 0.3 is 0 Å². The van der Waals surface area contributed by atoms with Crippen LogP contribution in [0.3, 0.4) is 0 Å². The molecule has 110 valence electrons. The summed E-state index contributed by atoms with van der Waals surface area (Å²) in [5.74, 6) is 0. The Labute approximate surface area is 130 Å². The molecule has 0 bridgehead atoms. The van der Waals surface area contributed by atoms with Crippen molar-refractivity contribution in [2.45, 2.75) is 38.4 Å². The maximum atomic E-state index is 3.58. The van der Waals surface area contributed by atoms with Gasteiger partial charge in [-0.05, 0) is 54.4 Å². The van der Waals surface area contributed by atoms with E-state index in [2.05, 4.69) is 52.9 Å². The molecular weight excluding hydrogens is 276 g/mol. The van der Waals surface area contributed by atoms with E-state index in [1.165, 1.54) is 30.5 Å². The lowest BCUT2D eigenvalue weighted by molar-refractivity contribution is 0.129. The molecule has 0 aliphatic carbocycles. The van der Waals surface area contributed by atoms with Crippen LogP contribution in [0.15, 0.2) is 35.7 Å². The van der Waals surface area contributed by atoms with Gasteiger partial charge in [-0.3, -0.25) is 4.90 Å². The van der Waals surface area contributed by atoms with Gasteiger partial charge in [0.2, 0.25) is 0 Å². The second-order valence-electron chi connectivity index (χ2n) is 6.14. The summed E-state index contributed by atoms with van der Waals surface area (Å²) < 4.78 is 0. The molecular formula is C18H22N2S. The van der Waals surface area contributed by atoms with Gasteiger partial charge in [0.1, 0.15) is 0 Å². The first-order valence-electron chi connectivity index (χ1n) is 7.95. The highest BCUT2D eigenvalue weighted by molar-refractivity contribution is 7.10. The minimum Gasteiger partial charge on any atom is -0.313 e. The Hall–Kier alpha value is -1.16. The van der Waals surface area contributed by atoms with Crippen LogP contribution in [0.25, 0.3) is 0 Å². The summed E-state index contributed by atoms with van der Waals surface area (Å²) in [6.45, 7) is 5.69. The number of hydrogen-bond acceptors (Lipinski definition) is 3. The molecule has 0 amide bonds. The van der Waals surface area contributed by atoms with Crippen molar-refractivity contribution in [2.24, 2.45) is 0 Å². The predicted molar refractivity (Wildman–Crippen MR) is 88.7 cm³/mol. The normalized spacial score (nSPS) is 26.0. The molecule has 0 saturated heterocycles. The Balaban J connectivity index is 1.70. The van der Waals surface area contributed by atoms with Crippen molar-refractivity contribution in [1.82, 2.24) is 10.2 Å². The molecule has 0 spiro atoms. The SMILES string of the molecule is CC1c2ccsc2CCN1C1CCNCc2ccccc21. The van der Waals surface area contributed by atoms with Crippen molar-refractivity contribution in [3.63, 3.8) is 0 Å². The van der Waals surface area contributed by atoms with Gasteiger partial charge in [0.05, 0.1) is 0 Å². The smallest absolute Gasteiger partial charge is 0.0369 e. The maximum Gasteiger partial charge on any atom is 0.0369 e. The second-order valence-corrected chi connectivity index (χ2v) is 7.14. The number of fused-ring (bicyclic) bond motifs is 2. The molecule has 2 aromatic rings. The first kappa shape index (κ1) is 13.5. The molecule has 4 rings (SSSR count). The molecule has 1 aromatic carbocycles. The van der Waals surface area contributed by atoms with Crippen LogP contribution in [0.4, 0.5) is 0 Å². The minimum absolute atomic E-state index is 0.538. The molecule has 1 aromatic heterocycles. The molecule has 3 heteroatoms. The van der Waals surface area contributed by atoms with Crippen LogP contribution >= 0.6 is 11.3 Å². The van der Waals surface area contributed by atoms with Crippen LogP contribution in [0.1, 0.15) is 47.0 Å². The van der Waals surface area contributed by atoms with Crippen molar-refractivity contribution in [3.05, 3.63) is 57.3 Å². The molecule has 2 atom stereocenters. The summed E-state index contributed by atoms with van der Waals surface area (Å²) in [6.07, 6.45) is 2.42. The van der Waals surface area contributed by atoms with Crippen LogP contribution in [-0.4, -0.2) is 18.0 Å². The van der Waals surface area contributed by atoms with Gasteiger partial charge in [0, 0.05) is 30.1 Å². The fraction of sp³-hybridized carbons (Fsp3) is 0.444. The van der Waals surface area contributed by atoms with Gasteiger partial charge in [-0.25, -0.2) is 0 Å². The van der Waals surface area contributed by atoms with E-state index in [1.807, 2.05) is 11.3 Å². The third kappa shape index (κ3) is 2.33. The molecule has 2 aliphatic heterocycles. The van der Waals surface area contributed by atoms with E-state index in [0.29, 0.717) is 12.1 Å². The summed E-state index contributed by atoms with van der Waals surface area (Å²) in [7, 11) is 0. The summed E-state index contributed by atoms with van der Waals surface area (Å²) in [4.78, 5) is 4.32. The quantitative estimate of drug-likeness (QED) is 0.859. The molecule has 2 unspecified atom stereocenters. The Morgan fingerprint density at radius 2 is 2.10 bits per heavy atom. The Morgan fingerprint density at radius 1 is 1.19 bits per heavy atom. The average Bonchev–Trinajstić information content (AvgIpc) is 2.89. The molecule has 3 heterocycles. The highest BCUT2D eigenvalue weighted by Gasteiger charge is 2.32. The van der Waals surface area contributed by atoms with E-state index >= 15 is 0 Å². The topological polar surface area (TPSA) is 15.3 Å². The average molecular weight is 298 g/mol. The predicted octanol–water partition coefficient (Wildman–Crippen LogP) is 3.90. The number of nitrogens with zero attached hydrogens (tertiary/aromatic N) is 1. The van der Waals surface area contributed by atoms with Gasteiger partial charge in [0.15, 0.2) is 0 Å². The lowest BCUT2D eigenvalue weighted by Gasteiger charge is -2.40. The van der Waals surface area contributed by atoms with E-state index in [1.54, 1.807) is 10.4 Å². The summed E-state index contributed by atoms with van der Waals surface area (Å²) in [5.41, 5.74) is 4.57. The maximum absolute atomic E-state index is 3.58. The second kappa shape index (κ2) is 5.56. The standard InChI is InChI=1S/C18H22N2S/c1-13-15-8-11-21-18(15)7-10-20(13)17-6-9-19-12-14-4-2-3-5-16(14)17/h2-5,8,11,13,17,19H,6-7,9-10,12H2,1H3. The van der Waals surface area contributed by atoms with Crippen LogP contribution in [0, 0.1) is 0 Å². The molecule has 2 nitrogen and oxygen atoms in total. The zero-order chi connectivity index (χ0) is 14.2. The number of nitrogens with one attached hydrogen (secondary N) is 1. The molecule has 0 radical (unpaired) electrons. The van der Waals surface area contributed by atoms with E-state index in [9.17, 15) is 0 Å². The van der Waals surface area contributed by atoms with E-state index in [4.69, 9.17) is 0 Å². The molecule has 1 N–H and O–H groups in total. The first-order chi connectivity index (χ1) is 10.3. The van der Waals surface area contributed by atoms with E-state index in [-0.39, 0.29) is 0 Å². The van der Waals surface area contributed by atoms with Gasteiger partial charge in [0.25, 0.3) is 0 Å². The fourth-order valence-electron chi connectivity index (χ4n) is 3.94. The van der Waals surface area contributed by atoms with Crippen molar-refractivity contribution >= 4 is 11.3 Å². The van der Waals surface area contributed by atoms with Crippen LogP contribution < -0.4 is 5.32 Å². The van der Waals surface area contributed by atoms with Gasteiger partial charge in [-0.15, -0.1) is 11.3 Å². The third-order valence-electron chi connectivity index (χ3n) is 5.05. The van der Waals surface area contributed by atoms with E-state index < -0.39 is 0 Å². The lowest BCUT2D eigenvalue weighted by atomic mass is 9.92. The monoisotopic (exact) mass is 298 g/mol. The lowest BCUT2D eigenvalue weighted by Crippen LogP contribution is -2.37. The highest BCUT2D eigenvalue weighted by Crippen LogP contribution is 2.40. The Morgan fingerprint density at radius 3 is 3.05 bits per heavy atom. The molecule has 0 saturated carbocycles. The largest absolute Gasteiger partial charge is 0.313 e. The minimum atomic E-state index is 0.538. The van der Waals surface area contributed by atoms with Crippen molar-refractivity contribution in [3.8, 4) is 0 Å². The van der Waals surface area contributed by atoms with Gasteiger partial charge in [-0.2, -0.15) is 0 Å². The number of hydrogen-bond donors (Lipinski definition) is 1. The summed E-state index contributed by atoms with van der Waals surface area (Å²) in [5, 5.41) is 5.83. The van der Waals surface area contributed by atoms with E-state index in [0.717, 1.165) is 13.1 Å². The summed E-state index contributed by atoms with van der Waals surface area (Å²) in [6, 6.07) is 12.4. The van der Waals surface area contributed by atoms with Crippen molar-refractivity contribution in [2.75, 3.05) is 13.1 Å². The van der Waals surface area contributed by atoms with Gasteiger partial charge in [-0.1, -0.05) is 24.3 Å². The zero-order valence-electron chi connectivity index (χ0n) is 12.5. The van der Waals surface area contributed by atoms with Crippen LogP contribution in [-0.2, 0) is 13.0 Å². The Kier molecular flexibility index (Phi) is 3.57. The van der Waals surface area contributed by atoms with Crippen molar-refractivity contribution in [1.29, 1.82) is 0 Å². The van der Waals surface area contributed by atoms with Crippen molar-refractivity contribution < 1.29 is 0 Å². The zero-order valence-corrected chi connectivity index (χ0v) is 13.3. The Bertz CT molecular complexity index is 634. The van der Waals surface area contributed by atoms with Crippen LogP contribution in [0.2, 0.25) is 0 Å². The third-order valence-corrected chi connectivity index (χ3v) is 6.05. The molecule has 2 aliphatic rings. The number of rotatable bonds is 1. The number of thiophene rings is 1. The summed E-state index contributed by atoms with van der Waals surface area (Å²) >= 11 is 1.93. The van der Waals surface area contributed by atoms with Gasteiger partial charge < -0.3 is 5.32 Å². The van der Waals surface area contributed by atoms with Crippen LogP contribution in [0.5, 0.6) is 0 Å².